The highest BCUT2D eigenvalue weighted by Gasteiger charge is 2.20. The quantitative estimate of drug-likeness (QED) is 0.318. The average Bonchev–Trinajstić information content (AvgIpc) is 3.24. The summed E-state index contributed by atoms with van der Waals surface area (Å²) in [6.07, 6.45) is 5.19. The zero-order valence-corrected chi connectivity index (χ0v) is 18.9. The lowest BCUT2D eigenvalue weighted by atomic mass is 10.1. The molecule has 0 saturated carbocycles. The summed E-state index contributed by atoms with van der Waals surface area (Å²) in [4.78, 5) is 36.9. The fourth-order valence-corrected chi connectivity index (χ4v) is 5.31. The summed E-state index contributed by atoms with van der Waals surface area (Å²) in [7, 11) is 0. The van der Waals surface area contributed by atoms with Gasteiger partial charge in [-0.15, -0.1) is 6.58 Å². The summed E-state index contributed by atoms with van der Waals surface area (Å²) in [6.45, 7) is 6.49. The third kappa shape index (κ3) is 5.16. The molecule has 9 heteroatoms. The number of anilines is 1. The van der Waals surface area contributed by atoms with Gasteiger partial charge in [0.15, 0.2) is 15.9 Å². The van der Waals surface area contributed by atoms with Crippen molar-refractivity contribution < 1.29 is 4.79 Å². The Morgan fingerprint density at radius 1 is 1.19 bits per heavy atom. The number of benzene rings is 1. The van der Waals surface area contributed by atoms with Crippen molar-refractivity contribution in [1.29, 1.82) is 0 Å². The second-order valence-corrected chi connectivity index (χ2v) is 9.27. The van der Waals surface area contributed by atoms with Crippen LogP contribution >= 0.6 is 23.1 Å². The van der Waals surface area contributed by atoms with Gasteiger partial charge in [0, 0.05) is 26.2 Å². The van der Waals surface area contributed by atoms with Crippen LogP contribution in [0.3, 0.4) is 0 Å². The summed E-state index contributed by atoms with van der Waals surface area (Å²) in [6, 6.07) is 9.75. The van der Waals surface area contributed by atoms with Crippen LogP contribution < -0.4 is 15.8 Å². The molecule has 0 radical (unpaired) electrons. The van der Waals surface area contributed by atoms with Gasteiger partial charge in [0.05, 0.1) is 5.75 Å². The van der Waals surface area contributed by atoms with E-state index in [1.807, 2.05) is 30.3 Å². The summed E-state index contributed by atoms with van der Waals surface area (Å²) in [5.41, 5.74) is 1.37. The number of carbonyl (C=O) groups excluding carboxylic acids is 1. The molecule has 1 fully saturated rings. The van der Waals surface area contributed by atoms with Crippen molar-refractivity contribution in [1.82, 2.24) is 19.9 Å². The minimum Gasteiger partial charge on any atom is -0.351 e. The van der Waals surface area contributed by atoms with Gasteiger partial charge in [-0.1, -0.05) is 59.5 Å². The van der Waals surface area contributed by atoms with Crippen LogP contribution in [0, 0.1) is 0 Å². The Labute approximate surface area is 189 Å². The van der Waals surface area contributed by atoms with E-state index in [1.165, 1.54) is 29.5 Å². The molecular formula is C22H25N5O2S2. The van der Waals surface area contributed by atoms with Crippen molar-refractivity contribution >= 4 is 44.5 Å². The largest absolute Gasteiger partial charge is 0.351 e. The molecule has 0 spiro atoms. The van der Waals surface area contributed by atoms with Crippen LogP contribution in [0.2, 0.25) is 0 Å². The fourth-order valence-electron chi connectivity index (χ4n) is 3.47. The Morgan fingerprint density at radius 2 is 1.97 bits per heavy atom. The van der Waals surface area contributed by atoms with Crippen LogP contribution in [0.15, 0.2) is 52.9 Å². The maximum absolute atomic E-state index is 13.1. The molecule has 162 valence electrons. The van der Waals surface area contributed by atoms with Crippen LogP contribution in [0.4, 0.5) is 5.13 Å². The maximum Gasteiger partial charge on any atom is 0.274 e. The number of amides is 1. The normalized spacial score (nSPS) is 14.0. The Balaban J connectivity index is 1.51. The number of piperidine rings is 1. The standard InChI is InChI=1S/C22H25N5O2S2/c1-2-11-27-20(29)18-19(24-21(31-18)26-12-7-4-8-13-26)25-22(27)30-15-17(28)23-14-16-9-5-3-6-10-16/h2-3,5-6,9-10H,1,4,7-8,11-15H2,(H,23,28). The number of carbonyl (C=O) groups is 1. The van der Waals surface area contributed by atoms with Crippen molar-refractivity contribution in [2.75, 3.05) is 23.7 Å². The van der Waals surface area contributed by atoms with Gasteiger partial charge in [0.25, 0.3) is 5.56 Å². The van der Waals surface area contributed by atoms with Crippen molar-refractivity contribution in [3.8, 4) is 0 Å². The van der Waals surface area contributed by atoms with Crippen LogP contribution in [-0.2, 0) is 17.9 Å². The third-order valence-corrected chi connectivity index (χ3v) is 7.14. The predicted molar refractivity (Wildman–Crippen MR) is 127 cm³/mol. The van der Waals surface area contributed by atoms with Gasteiger partial charge in [0.1, 0.15) is 4.70 Å². The molecule has 3 heterocycles. The Morgan fingerprint density at radius 3 is 2.71 bits per heavy atom. The molecule has 1 saturated heterocycles. The first-order chi connectivity index (χ1) is 15.2. The molecule has 1 N–H and O–H groups in total. The van der Waals surface area contributed by atoms with E-state index in [0.717, 1.165) is 36.6 Å². The second-order valence-electron chi connectivity index (χ2n) is 7.35. The van der Waals surface area contributed by atoms with E-state index in [4.69, 9.17) is 0 Å². The number of fused-ring (bicyclic) bond motifs is 1. The van der Waals surface area contributed by atoms with Crippen molar-refractivity contribution in [2.24, 2.45) is 0 Å². The second kappa shape index (κ2) is 10.1. The first-order valence-electron chi connectivity index (χ1n) is 10.4. The molecule has 2 aromatic heterocycles. The van der Waals surface area contributed by atoms with Gasteiger partial charge in [-0.3, -0.25) is 14.2 Å². The number of nitrogens with one attached hydrogen (secondary N) is 1. The highest BCUT2D eigenvalue weighted by Crippen LogP contribution is 2.29. The first-order valence-corrected chi connectivity index (χ1v) is 12.2. The van der Waals surface area contributed by atoms with Crippen molar-refractivity contribution in [3.63, 3.8) is 0 Å². The van der Waals surface area contributed by atoms with Crippen molar-refractivity contribution in [2.45, 2.75) is 37.5 Å². The number of nitrogens with zero attached hydrogens (tertiary/aromatic N) is 4. The van der Waals surface area contributed by atoms with E-state index < -0.39 is 0 Å². The highest BCUT2D eigenvalue weighted by atomic mass is 32.2. The van der Waals surface area contributed by atoms with Crippen LogP contribution in [0.5, 0.6) is 0 Å². The molecule has 0 aliphatic carbocycles. The summed E-state index contributed by atoms with van der Waals surface area (Å²) >= 11 is 2.65. The molecular weight excluding hydrogens is 430 g/mol. The number of allylic oxidation sites excluding steroid dienone is 1. The lowest BCUT2D eigenvalue weighted by Gasteiger charge is -2.25. The van der Waals surface area contributed by atoms with E-state index in [-0.39, 0.29) is 17.2 Å². The summed E-state index contributed by atoms with van der Waals surface area (Å²) < 4.78 is 2.13. The Bertz CT molecular complexity index is 1120. The average molecular weight is 456 g/mol. The van der Waals surface area contributed by atoms with E-state index in [2.05, 4.69) is 26.8 Å². The van der Waals surface area contributed by atoms with Crippen LogP contribution in [0.25, 0.3) is 10.3 Å². The molecule has 7 nitrogen and oxygen atoms in total. The fraction of sp³-hybridized carbons (Fsp3) is 0.364. The summed E-state index contributed by atoms with van der Waals surface area (Å²) in [5, 5.41) is 4.25. The number of hydrogen-bond donors (Lipinski definition) is 1. The van der Waals surface area contributed by atoms with Gasteiger partial charge >= 0.3 is 0 Å². The Kier molecular flexibility index (Phi) is 7.03. The molecule has 1 amide bonds. The molecule has 31 heavy (non-hydrogen) atoms. The zero-order chi connectivity index (χ0) is 21.6. The SMILES string of the molecule is C=CCn1c(SCC(=O)NCc2ccccc2)nc2nc(N3CCCCC3)sc2c1=O. The van der Waals surface area contributed by atoms with Crippen LogP contribution in [-0.4, -0.2) is 39.3 Å². The molecule has 0 atom stereocenters. The topological polar surface area (TPSA) is 80.1 Å². The van der Waals surface area contributed by atoms with Gasteiger partial charge in [-0.25, -0.2) is 4.98 Å². The maximum atomic E-state index is 13.1. The molecule has 0 unspecified atom stereocenters. The molecule has 1 aromatic carbocycles. The lowest BCUT2D eigenvalue weighted by molar-refractivity contribution is -0.118. The van der Waals surface area contributed by atoms with Crippen molar-refractivity contribution in [3.05, 3.63) is 58.9 Å². The number of thioether (sulfide) groups is 1. The van der Waals surface area contributed by atoms with Gasteiger partial charge in [-0.2, -0.15) is 4.98 Å². The predicted octanol–water partition coefficient (Wildman–Crippen LogP) is 3.44. The molecule has 1 aliphatic heterocycles. The zero-order valence-electron chi connectivity index (χ0n) is 17.2. The monoisotopic (exact) mass is 455 g/mol. The van der Waals surface area contributed by atoms with Gasteiger partial charge in [0.2, 0.25) is 5.91 Å². The first kappa shape index (κ1) is 21.6. The van der Waals surface area contributed by atoms with Gasteiger partial charge < -0.3 is 10.2 Å². The number of thiazole rings is 1. The lowest BCUT2D eigenvalue weighted by Crippen LogP contribution is -2.29. The Hall–Kier alpha value is -2.65. The minimum atomic E-state index is -0.127. The number of hydrogen-bond acceptors (Lipinski definition) is 7. The third-order valence-electron chi connectivity index (χ3n) is 5.07. The van der Waals surface area contributed by atoms with Gasteiger partial charge in [-0.05, 0) is 24.8 Å². The van der Waals surface area contributed by atoms with Crippen LogP contribution in [0.1, 0.15) is 24.8 Å². The number of aromatic nitrogens is 3. The molecule has 4 rings (SSSR count). The molecule has 1 aliphatic rings. The molecule has 3 aromatic rings. The smallest absolute Gasteiger partial charge is 0.274 e. The summed E-state index contributed by atoms with van der Waals surface area (Å²) in [5.74, 6) is 0.0611. The molecule has 0 bridgehead atoms. The van der Waals surface area contributed by atoms with E-state index in [9.17, 15) is 9.59 Å². The van der Waals surface area contributed by atoms with E-state index >= 15 is 0 Å². The van der Waals surface area contributed by atoms with E-state index in [0.29, 0.717) is 28.6 Å². The minimum absolute atomic E-state index is 0.111. The highest BCUT2D eigenvalue weighted by molar-refractivity contribution is 7.99. The number of rotatable bonds is 8. The van der Waals surface area contributed by atoms with E-state index in [1.54, 1.807) is 10.6 Å².